The monoisotopic (exact) mass is 166 g/mol. The second-order valence-corrected chi connectivity index (χ2v) is 4.26. The maximum absolute atomic E-state index is 3.84. The van der Waals surface area contributed by atoms with E-state index in [1.54, 1.807) is 0 Å². The molecule has 1 saturated carbocycles. The molecular weight excluding hydrogens is 144 g/mol. The van der Waals surface area contributed by atoms with Gasteiger partial charge < -0.3 is 0 Å². The Bertz CT molecular complexity index is 137. The fourth-order valence-electron chi connectivity index (χ4n) is 2.73. The van der Waals surface area contributed by atoms with Crippen LogP contribution in [0.25, 0.3) is 0 Å². The highest BCUT2D eigenvalue weighted by molar-refractivity contribution is 4.83. The van der Waals surface area contributed by atoms with E-state index < -0.39 is 0 Å². The standard InChI is InChI=1S/C12H22/c1-4-7-11(5-2)12-9-6-8-10(12)3/h4,10-12H,1,5-9H2,2-3H3/t10-,11+,12+/m0/s1. The molecule has 1 rings (SSSR count). The molecule has 3 atom stereocenters. The van der Waals surface area contributed by atoms with Gasteiger partial charge >= 0.3 is 0 Å². The molecule has 0 aromatic carbocycles. The van der Waals surface area contributed by atoms with Crippen LogP contribution in [0.2, 0.25) is 0 Å². The Morgan fingerprint density at radius 3 is 2.67 bits per heavy atom. The summed E-state index contributed by atoms with van der Waals surface area (Å²) in [4.78, 5) is 0. The van der Waals surface area contributed by atoms with E-state index in [1.165, 1.54) is 32.1 Å². The van der Waals surface area contributed by atoms with E-state index in [0.29, 0.717) is 0 Å². The summed E-state index contributed by atoms with van der Waals surface area (Å²) in [5, 5.41) is 0. The number of hydrogen-bond acceptors (Lipinski definition) is 0. The fourth-order valence-corrected chi connectivity index (χ4v) is 2.73. The molecule has 0 aromatic heterocycles. The molecule has 70 valence electrons. The first-order valence-electron chi connectivity index (χ1n) is 5.40. The van der Waals surface area contributed by atoms with Gasteiger partial charge in [-0.3, -0.25) is 0 Å². The maximum atomic E-state index is 3.84. The summed E-state index contributed by atoms with van der Waals surface area (Å²) in [6.45, 7) is 8.58. The largest absolute Gasteiger partial charge is 0.103 e. The van der Waals surface area contributed by atoms with Crippen LogP contribution in [0.5, 0.6) is 0 Å². The zero-order valence-corrected chi connectivity index (χ0v) is 8.55. The molecular formula is C12H22. The minimum Gasteiger partial charge on any atom is -0.103 e. The SMILES string of the molecule is C=CC[C@@H](CC)[C@@H]1CCC[C@@H]1C. The first-order valence-corrected chi connectivity index (χ1v) is 5.40. The van der Waals surface area contributed by atoms with Gasteiger partial charge in [-0.25, -0.2) is 0 Å². The van der Waals surface area contributed by atoms with Gasteiger partial charge in [0.15, 0.2) is 0 Å². The topological polar surface area (TPSA) is 0 Å². The third kappa shape index (κ3) is 2.12. The van der Waals surface area contributed by atoms with Crippen LogP contribution in [0.4, 0.5) is 0 Å². The third-order valence-corrected chi connectivity index (χ3v) is 3.53. The lowest BCUT2D eigenvalue weighted by atomic mass is 9.81. The van der Waals surface area contributed by atoms with E-state index in [0.717, 1.165) is 17.8 Å². The molecule has 0 unspecified atom stereocenters. The maximum Gasteiger partial charge on any atom is -0.0322 e. The number of rotatable bonds is 4. The van der Waals surface area contributed by atoms with Gasteiger partial charge in [0, 0.05) is 0 Å². The smallest absolute Gasteiger partial charge is 0.0322 e. The van der Waals surface area contributed by atoms with Crippen molar-refractivity contribution in [2.24, 2.45) is 17.8 Å². The van der Waals surface area contributed by atoms with Gasteiger partial charge in [-0.05, 0) is 30.6 Å². The Labute approximate surface area is 77.1 Å². The van der Waals surface area contributed by atoms with E-state index >= 15 is 0 Å². The van der Waals surface area contributed by atoms with Gasteiger partial charge in [0.1, 0.15) is 0 Å². The highest BCUT2D eigenvalue weighted by Gasteiger charge is 2.28. The average Bonchev–Trinajstić information content (AvgIpc) is 2.47. The molecule has 0 heteroatoms. The van der Waals surface area contributed by atoms with Crippen LogP contribution in [0.15, 0.2) is 12.7 Å². The molecule has 0 aliphatic heterocycles. The molecule has 0 saturated heterocycles. The molecule has 0 spiro atoms. The molecule has 0 amide bonds. The highest BCUT2D eigenvalue weighted by atomic mass is 14.3. The second kappa shape index (κ2) is 4.69. The van der Waals surface area contributed by atoms with Crippen LogP contribution < -0.4 is 0 Å². The van der Waals surface area contributed by atoms with E-state index in [4.69, 9.17) is 0 Å². The third-order valence-electron chi connectivity index (χ3n) is 3.53. The molecule has 0 N–H and O–H groups in total. The van der Waals surface area contributed by atoms with Crippen LogP contribution in [-0.4, -0.2) is 0 Å². The summed E-state index contributed by atoms with van der Waals surface area (Å²) in [5.74, 6) is 2.88. The second-order valence-electron chi connectivity index (χ2n) is 4.26. The van der Waals surface area contributed by atoms with Gasteiger partial charge in [-0.2, -0.15) is 0 Å². The Morgan fingerprint density at radius 2 is 2.25 bits per heavy atom. The zero-order chi connectivity index (χ0) is 8.97. The zero-order valence-electron chi connectivity index (χ0n) is 8.55. The molecule has 0 radical (unpaired) electrons. The lowest BCUT2D eigenvalue weighted by Crippen LogP contribution is -2.15. The Morgan fingerprint density at radius 1 is 1.50 bits per heavy atom. The van der Waals surface area contributed by atoms with E-state index in [1.807, 2.05) is 0 Å². The van der Waals surface area contributed by atoms with Crippen molar-refractivity contribution in [2.75, 3.05) is 0 Å². The quantitative estimate of drug-likeness (QED) is 0.553. The Kier molecular flexibility index (Phi) is 3.84. The molecule has 1 aliphatic carbocycles. The van der Waals surface area contributed by atoms with Crippen molar-refractivity contribution in [1.82, 2.24) is 0 Å². The van der Waals surface area contributed by atoms with Gasteiger partial charge in [0.2, 0.25) is 0 Å². The van der Waals surface area contributed by atoms with Crippen molar-refractivity contribution in [3.8, 4) is 0 Å². The van der Waals surface area contributed by atoms with Gasteiger partial charge in [0.05, 0.1) is 0 Å². The predicted molar refractivity (Wildman–Crippen MR) is 55.1 cm³/mol. The van der Waals surface area contributed by atoms with Crippen LogP contribution in [0.1, 0.15) is 46.0 Å². The lowest BCUT2D eigenvalue weighted by Gasteiger charge is -2.24. The van der Waals surface area contributed by atoms with Crippen molar-refractivity contribution in [3.63, 3.8) is 0 Å². The van der Waals surface area contributed by atoms with Gasteiger partial charge in [-0.1, -0.05) is 39.2 Å². The molecule has 0 bridgehead atoms. The van der Waals surface area contributed by atoms with Crippen LogP contribution in [0.3, 0.4) is 0 Å². The summed E-state index contributed by atoms with van der Waals surface area (Å²) < 4.78 is 0. The van der Waals surface area contributed by atoms with Gasteiger partial charge in [-0.15, -0.1) is 6.58 Å². The summed E-state index contributed by atoms with van der Waals surface area (Å²) in [6.07, 6.45) is 9.04. The fraction of sp³-hybridized carbons (Fsp3) is 0.833. The first-order chi connectivity index (χ1) is 5.79. The molecule has 1 aliphatic rings. The summed E-state index contributed by atoms with van der Waals surface area (Å²) in [7, 11) is 0. The van der Waals surface area contributed by atoms with E-state index in [9.17, 15) is 0 Å². The van der Waals surface area contributed by atoms with Crippen LogP contribution >= 0.6 is 0 Å². The van der Waals surface area contributed by atoms with E-state index in [-0.39, 0.29) is 0 Å². The Balaban J connectivity index is 2.46. The summed E-state index contributed by atoms with van der Waals surface area (Å²) >= 11 is 0. The first kappa shape index (κ1) is 9.83. The minimum absolute atomic E-state index is 0.917. The molecule has 0 heterocycles. The average molecular weight is 166 g/mol. The van der Waals surface area contributed by atoms with Crippen LogP contribution in [-0.2, 0) is 0 Å². The number of allylic oxidation sites excluding steroid dienone is 1. The van der Waals surface area contributed by atoms with Crippen molar-refractivity contribution >= 4 is 0 Å². The highest BCUT2D eigenvalue weighted by Crippen LogP contribution is 2.39. The minimum atomic E-state index is 0.917. The Hall–Kier alpha value is -0.260. The molecule has 0 nitrogen and oxygen atoms in total. The number of hydrogen-bond donors (Lipinski definition) is 0. The molecule has 0 aromatic rings. The molecule has 12 heavy (non-hydrogen) atoms. The van der Waals surface area contributed by atoms with E-state index in [2.05, 4.69) is 26.5 Å². The van der Waals surface area contributed by atoms with Crippen molar-refractivity contribution in [1.29, 1.82) is 0 Å². The van der Waals surface area contributed by atoms with Gasteiger partial charge in [0.25, 0.3) is 0 Å². The summed E-state index contributed by atoms with van der Waals surface area (Å²) in [6, 6.07) is 0. The van der Waals surface area contributed by atoms with Crippen molar-refractivity contribution < 1.29 is 0 Å². The predicted octanol–water partition coefficient (Wildman–Crippen LogP) is 4.02. The van der Waals surface area contributed by atoms with Crippen molar-refractivity contribution in [2.45, 2.75) is 46.0 Å². The summed E-state index contributed by atoms with van der Waals surface area (Å²) in [5.41, 5.74) is 0. The van der Waals surface area contributed by atoms with Crippen LogP contribution in [0, 0.1) is 17.8 Å². The normalized spacial score (nSPS) is 31.8. The lowest BCUT2D eigenvalue weighted by molar-refractivity contribution is 0.269. The molecule has 1 fully saturated rings. The van der Waals surface area contributed by atoms with Crippen molar-refractivity contribution in [3.05, 3.63) is 12.7 Å².